The molecule has 3 heterocycles. The molecule has 0 radical (unpaired) electrons. The van der Waals surface area contributed by atoms with Crippen LogP contribution in [0.3, 0.4) is 0 Å². The first kappa shape index (κ1) is 12.0. The van der Waals surface area contributed by atoms with Crippen molar-refractivity contribution in [3.63, 3.8) is 0 Å². The quantitative estimate of drug-likeness (QED) is 0.773. The van der Waals surface area contributed by atoms with Crippen LogP contribution in [0.15, 0.2) is 24.3 Å². The minimum atomic E-state index is 0.819. The molecule has 3 fully saturated rings. The molecule has 0 amide bonds. The van der Waals surface area contributed by atoms with Gasteiger partial charge in [0.1, 0.15) is 0 Å². The number of nitrogens with zero attached hydrogens (tertiary/aromatic N) is 1. The van der Waals surface area contributed by atoms with Crippen molar-refractivity contribution in [3.8, 4) is 0 Å². The molecule has 19 heavy (non-hydrogen) atoms. The van der Waals surface area contributed by atoms with Gasteiger partial charge >= 0.3 is 0 Å². The molecule has 4 bridgehead atoms. The van der Waals surface area contributed by atoms with E-state index in [9.17, 15) is 0 Å². The summed E-state index contributed by atoms with van der Waals surface area (Å²) in [4.78, 5) is 2.86. The molecule has 5 unspecified atom stereocenters. The normalized spacial score (nSPS) is 43.7. The summed E-state index contributed by atoms with van der Waals surface area (Å²) < 4.78 is 0. The van der Waals surface area contributed by atoms with Gasteiger partial charge in [-0.05, 0) is 56.0 Å². The van der Waals surface area contributed by atoms with E-state index in [1.54, 1.807) is 5.56 Å². The summed E-state index contributed by atoms with van der Waals surface area (Å²) in [5.74, 6) is 2.73. The fourth-order valence-electron chi connectivity index (χ4n) is 5.28. The highest BCUT2D eigenvalue weighted by Gasteiger charge is 2.54. The van der Waals surface area contributed by atoms with Crippen LogP contribution >= 0.6 is 0 Å². The predicted molar refractivity (Wildman–Crippen MR) is 79.3 cm³/mol. The zero-order chi connectivity index (χ0) is 13.0. The van der Waals surface area contributed by atoms with E-state index in [0.717, 1.165) is 29.8 Å². The van der Waals surface area contributed by atoms with Gasteiger partial charge in [-0.25, -0.2) is 0 Å². The summed E-state index contributed by atoms with van der Waals surface area (Å²) in [5, 5.41) is 0. The Balaban J connectivity index is 1.67. The van der Waals surface area contributed by atoms with Crippen molar-refractivity contribution >= 4 is 0 Å². The molecule has 4 rings (SSSR count). The van der Waals surface area contributed by atoms with E-state index in [4.69, 9.17) is 0 Å². The van der Waals surface area contributed by atoms with Crippen LogP contribution in [0.25, 0.3) is 0 Å². The van der Waals surface area contributed by atoms with E-state index in [1.807, 2.05) is 0 Å². The number of benzene rings is 1. The first-order chi connectivity index (χ1) is 9.28. The van der Waals surface area contributed by atoms with Gasteiger partial charge in [-0.2, -0.15) is 0 Å². The Morgan fingerprint density at radius 1 is 1.11 bits per heavy atom. The number of rotatable bonds is 2. The van der Waals surface area contributed by atoms with Gasteiger partial charge in [-0.1, -0.05) is 43.2 Å². The SMILES string of the molecule is CCC1C2CC3CCN2C3C[C@@H]1c1ccc(C)cc1. The Morgan fingerprint density at radius 3 is 2.63 bits per heavy atom. The standard InChI is InChI=1S/C18H25N/c1-3-15-16(13-6-4-12(2)5-7-13)11-17-14-8-9-19(17)18(15)10-14/h4-7,14-18H,3,8-11H2,1-2H3/t14?,15?,16-,17?,18?/m1/s1. The average Bonchev–Trinajstić information content (AvgIpc) is 2.93. The van der Waals surface area contributed by atoms with E-state index in [2.05, 4.69) is 43.0 Å². The van der Waals surface area contributed by atoms with Crippen molar-refractivity contribution < 1.29 is 0 Å². The van der Waals surface area contributed by atoms with E-state index in [0.29, 0.717) is 0 Å². The lowest BCUT2D eigenvalue weighted by atomic mass is 9.75. The van der Waals surface area contributed by atoms with E-state index < -0.39 is 0 Å². The Labute approximate surface area is 117 Å². The lowest BCUT2D eigenvalue weighted by Gasteiger charge is -2.43. The molecule has 0 N–H and O–H groups in total. The van der Waals surface area contributed by atoms with Crippen molar-refractivity contribution in [2.24, 2.45) is 11.8 Å². The number of aryl methyl sites for hydroxylation is 1. The lowest BCUT2D eigenvalue weighted by molar-refractivity contribution is 0.0871. The maximum atomic E-state index is 2.86. The summed E-state index contributed by atoms with van der Waals surface area (Å²) in [6, 6.07) is 11.2. The summed E-state index contributed by atoms with van der Waals surface area (Å²) in [5.41, 5.74) is 2.99. The molecule has 1 aromatic carbocycles. The van der Waals surface area contributed by atoms with Gasteiger partial charge in [-0.3, -0.25) is 4.90 Å². The Hall–Kier alpha value is -0.820. The molecule has 3 aliphatic rings. The third-order valence-electron chi connectivity index (χ3n) is 6.18. The van der Waals surface area contributed by atoms with Crippen molar-refractivity contribution in [2.75, 3.05) is 6.54 Å². The molecule has 1 aromatic rings. The highest BCUT2D eigenvalue weighted by molar-refractivity contribution is 5.28. The molecule has 1 heteroatoms. The summed E-state index contributed by atoms with van der Waals surface area (Å²) in [7, 11) is 0. The van der Waals surface area contributed by atoms with E-state index >= 15 is 0 Å². The molecule has 3 saturated heterocycles. The second kappa shape index (κ2) is 4.34. The first-order valence-electron chi connectivity index (χ1n) is 8.10. The molecule has 0 aromatic heterocycles. The molecular weight excluding hydrogens is 230 g/mol. The van der Waals surface area contributed by atoms with Crippen molar-refractivity contribution in [1.29, 1.82) is 0 Å². The van der Waals surface area contributed by atoms with Crippen molar-refractivity contribution in [1.82, 2.24) is 4.90 Å². The molecule has 3 aliphatic heterocycles. The van der Waals surface area contributed by atoms with Gasteiger partial charge in [0.05, 0.1) is 0 Å². The van der Waals surface area contributed by atoms with Gasteiger partial charge in [0, 0.05) is 12.1 Å². The van der Waals surface area contributed by atoms with E-state index in [-0.39, 0.29) is 0 Å². The number of piperidine rings is 2. The molecular formula is C18H25N. The van der Waals surface area contributed by atoms with Crippen LogP contribution in [-0.4, -0.2) is 23.5 Å². The van der Waals surface area contributed by atoms with Crippen LogP contribution in [-0.2, 0) is 0 Å². The van der Waals surface area contributed by atoms with Gasteiger partial charge in [0.15, 0.2) is 0 Å². The highest BCUT2D eigenvalue weighted by Crippen LogP contribution is 2.54. The minimum absolute atomic E-state index is 0.819. The van der Waals surface area contributed by atoms with Gasteiger partial charge < -0.3 is 0 Å². The number of hydrogen-bond donors (Lipinski definition) is 0. The van der Waals surface area contributed by atoms with Gasteiger partial charge in [0.25, 0.3) is 0 Å². The second-order valence-corrected chi connectivity index (χ2v) is 6.98. The third kappa shape index (κ3) is 1.71. The molecule has 6 atom stereocenters. The monoisotopic (exact) mass is 255 g/mol. The average molecular weight is 255 g/mol. The molecule has 0 aliphatic carbocycles. The Kier molecular flexibility index (Phi) is 2.73. The van der Waals surface area contributed by atoms with Crippen molar-refractivity contribution in [2.45, 2.75) is 57.5 Å². The summed E-state index contributed by atoms with van der Waals surface area (Å²) in [6.45, 7) is 5.98. The van der Waals surface area contributed by atoms with Crippen LogP contribution < -0.4 is 0 Å². The topological polar surface area (TPSA) is 3.24 Å². The smallest absolute Gasteiger partial charge is 0.0135 e. The minimum Gasteiger partial charge on any atom is -0.297 e. The molecule has 102 valence electrons. The fourth-order valence-corrected chi connectivity index (χ4v) is 5.28. The molecule has 0 saturated carbocycles. The summed E-state index contributed by atoms with van der Waals surface area (Å²) >= 11 is 0. The van der Waals surface area contributed by atoms with Gasteiger partial charge in [0.2, 0.25) is 0 Å². The fraction of sp³-hybridized carbons (Fsp3) is 0.667. The van der Waals surface area contributed by atoms with Crippen LogP contribution in [0.5, 0.6) is 0 Å². The molecule has 1 nitrogen and oxygen atoms in total. The van der Waals surface area contributed by atoms with Gasteiger partial charge in [-0.15, -0.1) is 0 Å². The largest absolute Gasteiger partial charge is 0.297 e. The van der Waals surface area contributed by atoms with Crippen molar-refractivity contribution in [3.05, 3.63) is 35.4 Å². The van der Waals surface area contributed by atoms with E-state index in [1.165, 1.54) is 37.8 Å². The number of hydrogen-bond acceptors (Lipinski definition) is 1. The van der Waals surface area contributed by atoms with Crippen LogP contribution in [0.2, 0.25) is 0 Å². The zero-order valence-corrected chi connectivity index (χ0v) is 12.2. The lowest BCUT2D eigenvalue weighted by Crippen LogP contribution is -2.46. The van der Waals surface area contributed by atoms with Crippen LogP contribution in [0.1, 0.15) is 49.7 Å². The molecule has 0 spiro atoms. The third-order valence-corrected chi connectivity index (χ3v) is 6.18. The van der Waals surface area contributed by atoms with Crippen LogP contribution in [0.4, 0.5) is 0 Å². The van der Waals surface area contributed by atoms with Crippen LogP contribution in [0, 0.1) is 18.8 Å². The highest BCUT2D eigenvalue weighted by atomic mass is 15.3. The maximum Gasteiger partial charge on any atom is 0.0135 e. The summed E-state index contributed by atoms with van der Waals surface area (Å²) in [6.07, 6.45) is 5.73. The first-order valence-corrected chi connectivity index (χ1v) is 8.10. The predicted octanol–water partition coefficient (Wildman–Crippen LogP) is 3.97. The zero-order valence-electron chi connectivity index (χ0n) is 12.2. The second-order valence-electron chi connectivity index (χ2n) is 6.98. The Bertz CT molecular complexity index is 463. The maximum absolute atomic E-state index is 2.86. The Morgan fingerprint density at radius 2 is 1.89 bits per heavy atom.